The molecule has 1 saturated heterocycles. The first-order valence-electron chi connectivity index (χ1n) is 10.2. The number of fused-ring (bicyclic) bond motifs is 3. The Morgan fingerprint density at radius 2 is 1.81 bits per heavy atom. The van der Waals surface area contributed by atoms with Crippen molar-refractivity contribution in [2.24, 2.45) is 0 Å². The van der Waals surface area contributed by atoms with Crippen molar-refractivity contribution in [1.82, 2.24) is 14.9 Å². The van der Waals surface area contributed by atoms with Gasteiger partial charge in [0.1, 0.15) is 16.9 Å². The lowest BCUT2D eigenvalue weighted by molar-refractivity contribution is -0.117. The predicted molar refractivity (Wildman–Crippen MR) is 120 cm³/mol. The fourth-order valence-corrected chi connectivity index (χ4v) is 3.97. The molecule has 1 aliphatic rings. The number of hydrogen-bond donors (Lipinski definition) is 1. The van der Waals surface area contributed by atoms with E-state index in [2.05, 4.69) is 25.1 Å². The molecule has 8 heteroatoms. The third-order valence-corrected chi connectivity index (χ3v) is 5.55. The molecule has 1 amide bonds. The van der Waals surface area contributed by atoms with Crippen LogP contribution in [0.3, 0.4) is 0 Å². The third-order valence-electron chi connectivity index (χ3n) is 5.55. The van der Waals surface area contributed by atoms with Crippen molar-refractivity contribution in [2.45, 2.75) is 0 Å². The summed E-state index contributed by atoms with van der Waals surface area (Å²) in [6.45, 7) is 3.42. The lowest BCUT2D eigenvalue weighted by Crippen LogP contribution is -2.49. The number of anilines is 2. The van der Waals surface area contributed by atoms with Crippen LogP contribution in [-0.2, 0) is 4.79 Å². The minimum absolute atomic E-state index is 0.0850. The first-order chi connectivity index (χ1) is 15.2. The monoisotopic (exact) mass is 417 g/mol. The summed E-state index contributed by atoms with van der Waals surface area (Å²) in [6, 6.07) is 13.4. The van der Waals surface area contributed by atoms with Gasteiger partial charge in [-0.15, -0.1) is 0 Å². The van der Waals surface area contributed by atoms with Crippen molar-refractivity contribution < 1.29 is 13.9 Å². The fraction of sp³-hybridized carbons (Fsp3) is 0.261. The summed E-state index contributed by atoms with van der Waals surface area (Å²) in [5.41, 5.74) is 2.13. The van der Waals surface area contributed by atoms with Crippen LogP contribution >= 0.6 is 0 Å². The first kappa shape index (κ1) is 19.3. The lowest BCUT2D eigenvalue weighted by Gasteiger charge is -2.34. The number of rotatable bonds is 5. The molecular weight excluding hydrogens is 394 g/mol. The second-order valence-corrected chi connectivity index (χ2v) is 7.51. The SMILES string of the molecule is COc1cc2c(cc1NC(=O)CN1CCN(c3ncccn3)CC1)oc1ccccc12. The summed E-state index contributed by atoms with van der Waals surface area (Å²) in [7, 11) is 1.60. The number of piperazine rings is 1. The molecule has 1 fully saturated rings. The molecule has 1 N–H and O–H groups in total. The highest BCUT2D eigenvalue weighted by atomic mass is 16.5. The van der Waals surface area contributed by atoms with E-state index in [1.54, 1.807) is 25.6 Å². The quantitative estimate of drug-likeness (QED) is 0.534. The van der Waals surface area contributed by atoms with Gasteiger partial charge in [0.05, 0.1) is 19.3 Å². The summed E-state index contributed by atoms with van der Waals surface area (Å²) >= 11 is 0. The molecule has 0 atom stereocenters. The molecule has 0 aliphatic carbocycles. The van der Waals surface area contributed by atoms with Gasteiger partial charge in [-0.2, -0.15) is 0 Å². The topological polar surface area (TPSA) is 83.7 Å². The number of amides is 1. The van der Waals surface area contributed by atoms with Crippen LogP contribution in [0.2, 0.25) is 0 Å². The Kier molecular flexibility index (Phi) is 5.13. The molecular formula is C23H23N5O3. The van der Waals surface area contributed by atoms with E-state index >= 15 is 0 Å². The zero-order chi connectivity index (χ0) is 21.2. The summed E-state index contributed by atoms with van der Waals surface area (Å²) in [6.07, 6.45) is 3.49. The molecule has 0 saturated carbocycles. The Morgan fingerprint density at radius 3 is 2.58 bits per heavy atom. The molecule has 0 unspecified atom stereocenters. The molecule has 31 heavy (non-hydrogen) atoms. The molecule has 0 radical (unpaired) electrons. The number of aromatic nitrogens is 2. The van der Waals surface area contributed by atoms with Gasteiger partial charge < -0.3 is 19.4 Å². The lowest BCUT2D eigenvalue weighted by atomic mass is 10.1. The predicted octanol–water partition coefficient (Wildman–Crippen LogP) is 3.15. The molecule has 0 spiro atoms. The van der Waals surface area contributed by atoms with Gasteiger partial charge in [0.25, 0.3) is 0 Å². The highest BCUT2D eigenvalue weighted by molar-refractivity contribution is 6.07. The number of carbonyl (C=O) groups excluding carboxylic acids is 1. The smallest absolute Gasteiger partial charge is 0.238 e. The highest BCUT2D eigenvalue weighted by Gasteiger charge is 2.21. The van der Waals surface area contributed by atoms with E-state index in [-0.39, 0.29) is 5.91 Å². The molecule has 0 bridgehead atoms. The normalized spacial score (nSPS) is 14.8. The maximum Gasteiger partial charge on any atom is 0.238 e. The number of ether oxygens (including phenoxy) is 1. The number of para-hydroxylation sites is 1. The van der Waals surface area contributed by atoms with E-state index < -0.39 is 0 Å². The Morgan fingerprint density at radius 1 is 1.03 bits per heavy atom. The molecule has 2 aromatic carbocycles. The molecule has 1 aliphatic heterocycles. The van der Waals surface area contributed by atoms with E-state index in [0.29, 0.717) is 23.6 Å². The van der Waals surface area contributed by atoms with Crippen molar-refractivity contribution in [3.8, 4) is 5.75 Å². The van der Waals surface area contributed by atoms with E-state index in [9.17, 15) is 4.79 Å². The molecule has 5 rings (SSSR count). The van der Waals surface area contributed by atoms with E-state index in [4.69, 9.17) is 9.15 Å². The van der Waals surface area contributed by atoms with Crippen LogP contribution < -0.4 is 15.0 Å². The summed E-state index contributed by atoms with van der Waals surface area (Å²) < 4.78 is 11.5. The Labute approximate surface area is 179 Å². The number of carbonyl (C=O) groups is 1. The van der Waals surface area contributed by atoms with Crippen molar-refractivity contribution in [2.75, 3.05) is 50.1 Å². The standard InChI is InChI=1S/C23H23N5O3/c1-30-21-13-17-16-5-2-3-6-19(16)31-20(17)14-18(21)26-22(29)15-27-9-11-28(12-10-27)23-24-7-4-8-25-23/h2-8,13-14H,9-12,15H2,1H3,(H,26,29). The summed E-state index contributed by atoms with van der Waals surface area (Å²) in [5.74, 6) is 1.26. The fourth-order valence-electron chi connectivity index (χ4n) is 3.97. The van der Waals surface area contributed by atoms with Crippen LogP contribution in [0.4, 0.5) is 11.6 Å². The number of benzene rings is 2. The molecule has 2 aromatic heterocycles. The second kappa shape index (κ2) is 8.23. The van der Waals surface area contributed by atoms with Gasteiger partial charge in [0.15, 0.2) is 0 Å². The van der Waals surface area contributed by atoms with Gasteiger partial charge in [-0.25, -0.2) is 9.97 Å². The maximum absolute atomic E-state index is 12.7. The minimum Gasteiger partial charge on any atom is -0.495 e. The van der Waals surface area contributed by atoms with Crippen molar-refractivity contribution in [1.29, 1.82) is 0 Å². The molecule has 8 nitrogen and oxygen atoms in total. The van der Waals surface area contributed by atoms with Crippen LogP contribution in [0.1, 0.15) is 0 Å². The Balaban J connectivity index is 1.26. The summed E-state index contributed by atoms with van der Waals surface area (Å²) in [4.78, 5) is 25.6. The van der Waals surface area contributed by atoms with Gasteiger partial charge in [-0.1, -0.05) is 18.2 Å². The van der Waals surface area contributed by atoms with E-state index in [1.807, 2.05) is 36.4 Å². The first-order valence-corrected chi connectivity index (χ1v) is 10.2. The second-order valence-electron chi connectivity index (χ2n) is 7.51. The molecule has 158 valence electrons. The van der Waals surface area contributed by atoms with Crippen LogP contribution in [-0.4, -0.2) is 60.6 Å². The van der Waals surface area contributed by atoms with E-state index in [0.717, 1.165) is 48.5 Å². The number of methoxy groups -OCH3 is 1. The van der Waals surface area contributed by atoms with Crippen molar-refractivity contribution >= 4 is 39.5 Å². The van der Waals surface area contributed by atoms with Crippen molar-refractivity contribution in [3.05, 3.63) is 54.9 Å². The maximum atomic E-state index is 12.7. The zero-order valence-electron chi connectivity index (χ0n) is 17.2. The zero-order valence-corrected chi connectivity index (χ0v) is 17.2. The molecule has 3 heterocycles. The molecule has 4 aromatic rings. The van der Waals surface area contributed by atoms with Gasteiger partial charge in [-0.05, 0) is 18.2 Å². The number of furan rings is 1. The van der Waals surface area contributed by atoms with Crippen LogP contribution in [0.5, 0.6) is 5.75 Å². The Hall–Kier alpha value is -3.65. The van der Waals surface area contributed by atoms with Crippen LogP contribution in [0, 0.1) is 0 Å². The largest absolute Gasteiger partial charge is 0.495 e. The summed E-state index contributed by atoms with van der Waals surface area (Å²) in [5, 5.41) is 4.97. The van der Waals surface area contributed by atoms with Gasteiger partial charge in [0.2, 0.25) is 11.9 Å². The number of nitrogens with zero attached hydrogens (tertiary/aromatic N) is 4. The van der Waals surface area contributed by atoms with Gasteiger partial charge >= 0.3 is 0 Å². The number of hydrogen-bond acceptors (Lipinski definition) is 7. The van der Waals surface area contributed by atoms with E-state index in [1.165, 1.54) is 0 Å². The Bertz CT molecular complexity index is 1220. The highest BCUT2D eigenvalue weighted by Crippen LogP contribution is 2.36. The van der Waals surface area contributed by atoms with Crippen LogP contribution in [0.15, 0.2) is 59.3 Å². The van der Waals surface area contributed by atoms with Crippen molar-refractivity contribution in [3.63, 3.8) is 0 Å². The number of nitrogens with one attached hydrogen (secondary N) is 1. The van der Waals surface area contributed by atoms with Gasteiger partial charge in [0, 0.05) is 55.4 Å². The average Bonchev–Trinajstić information content (AvgIpc) is 3.17. The third kappa shape index (κ3) is 3.89. The minimum atomic E-state index is -0.0850. The van der Waals surface area contributed by atoms with Gasteiger partial charge in [-0.3, -0.25) is 9.69 Å². The average molecular weight is 417 g/mol. The van der Waals surface area contributed by atoms with Crippen LogP contribution in [0.25, 0.3) is 21.9 Å².